The van der Waals surface area contributed by atoms with Gasteiger partial charge in [0.25, 0.3) is 5.91 Å². The molecule has 5 rings (SSSR count). The topological polar surface area (TPSA) is 103 Å². The number of hydrogen-bond acceptors (Lipinski definition) is 6. The summed E-state index contributed by atoms with van der Waals surface area (Å²) in [7, 11) is 0. The molecule has 8 nitrogen and oxygen atoms in total. The van der Waals surface area contributed by atoms with E-state index in [9.17, 15) is 19.5 Å². The number of nitrogens with one attached hydrogen (secondary N) is 1. The van der Waals surface area contributed by atoms with Gasteiger partial charge in [-0.05, 0) is 69.0 Å². The van der Waals surface area contributed by atoms with E-state index in [4.69, 9.17) is 0 Å². The predicted octanol–water partition coefficient (Wildman–Crippen LogP) is 2.41. The van der Waals surface area contributed by atoms with E-state index in [1.54, 1.807) is 25.3 Å². The number of benzene rings is 1. The number of pyridine rings is 1. The molecule has 0 bridgehead atoms. The Hall–Kier alpha value is -3.17. The van der Waals surface area contributed by atoms with Crippen molar-refractivity contribution in [2.45, 2.75) is 57.8 Å². The number of imide groups is 1. The summed E-state index contributed by atoms with van der Waals surface area (Å²) in [5.74, 6) is -1.55. The molecule has 4 atom stereocenters. The number of aliphatic hydroxyl groups excluding tert-OH is 1. The normalized spacial score (nSPS) is 25.7. The van der Waals surface area contributed by atoms with Gasteiger partial charge in [-0.1, -0.05) is 0 Å². The molecular formula is C26H29FN4O4. The Kier molecular flexibility index (Phi) is 6.14. The minimum absolute atomic E-state index is 0.142. The van der Waals surface area contributed by atoms with E-state index >= 15 is 4.39 Å². The number of nitrogens with zero attached hydrogens (tertiary/aromatic N) is 3. The van der Waals surface area contributed by atoms with Gasteiger partial charge in [-0.2, -0.15) is 0 Å². The van der Waals surface area contributed by atoms with Crippen LogP contribution in [0.5, 0.6) is 0 Å². The SMILES string of the molecule is CC(O)C1CCN(Cc2ccnc(-c3ccc4c(c3F)[C@@H](C)N([C@H]3CCC(=O)NC3=O)C4=O)c2)C1. The van der Waals surface area contributed by atoms with Crippen LogP contribution < -0.4 is 5.32 Å². The number of carbonyl (C=O) groups is 3. The van der Waals surface area contributed by atoms with Crippen LogP contribution in [-0.2, 0) is 16.1 Å². The van der Waals surface area contributed by atoms with Crippen molar-refractivity contribution in [3.05, 3.63) is 53.0 Å². The number of piperidine rings is 1. The Morgan fingerprint density at radius 1 is 1.20 bits per heavy atom. The molecule has 2 unspecified atom stereocenters. The van der Waals surface area contributed by atoms with Crippen molar-refractivity contribution in [2.75, 3.05) is 13.1 Å². The summed E-state index contributed by atoms with van der Waals surface area (Å²) in [6.07, 6.45) is 2.63. The summed E-state index contributed by atoms with van der Waals surface area (Å²) in [4.78, 5) is 45.1. The second-order valence-corrected chi connectivity index (χ2v) is 9.82. The Morgan fingerprint density at radius 2 is 1.97 bits per heavy atom. The van der Waals surface area contributed by atoms with Crippen LogP contribution in [0.15, 0.2) is 30.5 Å². The molecule has 2 aromatic rings. The zero-order valence-electron chi connectivity index (χ0n) is 19.8. The van der Waals surface area contributed by atoms with Crippen LogP contribution in [0.2, 0.25) is 0 Å². The van der Waals surface area contributed by atoms with E-state index in [0.29, 0.717) is 17.8 Å². The molecule has 2 saturated heterocycles. The summed E-state index contributed by atoms with van der Waals surface area (Å²) < 4.78 is 15.8. The molecule has 1 aromatic heterocycles. The zero-order chi connectivity index (χ0) is 24.9. The number of carbonyl (C=O) groups excluding carboxylic acids is 3. The lowest BCUT2D eigenvalue weighted by Crippen LogP contribution is -2.53. The molecule has 0 radical (unpaired) electrons. The van der Waals surface area contributed by atoms with Crippen LogP contribution in [0.1, 0.15) is 60.6 Å². The van der Waals surface area contributed by atoms with Gasteiger partial charge in [0, 0.05) is 42.4 Å². The minimum Gasteiger partial charge on any atom is -0.393 e. The third-order valence-corrected chi connectivity index (χ3v) is 7.52. The van der Waals surface area contributed by atoms with Crippen molar-refractivity contribution in [1.82, 2.24) is 20.1 Å². The molecule has 2 N–H and O–H groups in total. The van der Waals surface area contributed by atoms with E-state index < -0.39 is 29.7 Å². The van der Waals surface area contributed by atoms with Crippen LogP contribution in [-0.4, -0.2) is 62.8 Å². The maximum Gasteiger partial charge on any atom is 0.255 e. The van der Waals surface area contributed by atoms with Gasteiger partial charge < -0.3 is 10.0 Å². The first-order valence-corrected chi connectivity index (χ1v) is 12.1. The smallest absolute Gasteiger partial charge is 0.255 e. The first-order chi connectivity index (χ1) is 16.7. The lowest BCUT2D eigenvalue weighted by atomic mass is 9.98. The van der Waals surface area contributed by atoms with Crippen LogP contribution in [0.4, 0.5) is 4.39 Å². The highest BCUT2D eigenvalue weighted by Crippen LogP contribution is 2.41. The summed E-state index contributed by atoms with van der Waals surface area (Å²) >= 11 is 0. The summed E-state index contributed by atoms with van der Waals surface area (Å²) in [5, 5.41) is 12.1. The van der Waals surface area contributed by atoms with Gasteiger partial charge in [0.2, 0.25) is 11.8 Å². The summed E-state index contributed by atoms with van der Waals surface area (Å²) in [6.45, 7) is 5.93. The first kappa shape index (κ1) is 23.6. The Morgan fingerprint density at radius 3 is 2.69 bits per heavy atom. The quantitative estimate of drug-likeness (QED) is 0.638. The zero-order valence-corrected chi connectivity index (χ0v) is 19.8. The average molecular weight is 481 g/mol. The number of amides is 3. The second-order valence-electron chi connectivity index (χ2n) is 9.82. The monoisotopic (exact) mass is 480 g/mol. The Bertz CT molecular complexity index is 1200. The molecule has 0 aliphatic carbocycles. The number of aromatic nitrogens is 1. The number of hydrogen-bond donors (Lipinski definition) is 2. The van der Waals surface area contributed by atoms with Crippen LogP contribution in [0.3, 0.4) is 0 Å². The molecule has 2 fully saturated rings. The fraction of sp³-hybridized carbons (Fsp3) is 0.462. The van der Waals surface area contributed by atoms with Crippen LogP contribution in [0.25, 0.3) is 11.3 Å². The van der Waals surface area contributed by atoms with Crippen molar-refractivity contribution in [2.24, 2.45) is 5.92 Å². The molecule has 0 saturated carbocycles. The van der Waals surface area contributed by atoms with Gasteiger partial charge >= 0.3 is 0 Å². The first-order valence-electron chi connectivity index (χ1n) is 12.1. The van der Waals surface area contributed by atoms with E-state index in [1.165, 1.54) is 4.90 Å². The molecule has 4 heterocycles. The van der Waals surface area contributed by atoms with Gasteiger partial charge in [0.15, 0.2) is 0 Å². The molecule has 3 aliphatic rings. The highest BCUT2D eigenvalue weighted by Gasteiger charge is 2.44. The van der Waals surface area contributed by atoms with Crippen molar-refractivity contribution < 1.29 is 23.9 Å². The van der Waals surface area contributed by atoms with E-state index in [2.05, 4.69) is 15.2 Å². The molecular weight excluding hydrogens is 451 g/mol. The largest absolute Gasteiger partial charge is 0.393 e. The number of fused-ring (bicyclic) bond motifs is 1. The summed E-state index contributed by atoms with van der Waals surface area (Å²) in [5.41, 5.74) is 2.27. The third kappa shape index (κ3) is 4.23. The minimum atomic E-state index is -0.808. The van der Waals surface area contributed by atoms with Crippen molar-refractivity contribution >= 4 is 17.7 Å². The Labute approximate surface area is 203 Å². The lowest BCUT2D eigenvalue weighted by Gasteiger charge is -2.32. The van der Waals surface area contributed by atoms with Crippen LogP contribution >= 0.6 is 0 Å². The molecule has 184 valence electrons. The van der Waals surface area contributed by atoms with Crippen LogP contribution in [0, 0.1) is 11.7 Å². The maximum atomic E-state index is 15.8. The number of likely N-dealkylation sites (tertiary alicyclic amines) is 1. The fourth-order valence-corrected chi connectivity index (χ4v) is 5.58. The highest BCUT2D eigenvalue weighted by molar-refractivity contribution is 6.06. The second kappa shape index (κ2) is 9.13. The van der Waals surface area contributed by atoms with Gasteiger partial charge in [-0.3, -0.25) is 29.6 Å². The van der Waals surface area contributed by atoms with Gasteiger partial charge in [0.1, 0.15) is 11.9 Å². The van der Waals surface area contributed by atoms with Crippen molar-refractivity contribution in [3.63, 3.8) is 0 Å². The van der Waals surface area contributed by atoms with Crippen molar-refractivity contribution in [3.8, 4) is 11.3 Å². The van der Waals surface area contributed by atoms with E-state index in [1.807, 2.05) is 19.1 Å². The molecule has 0 spiro atoms. The predicted molar refractivity (Wildman–Crippen MR) is 125 cm³/mol. The van der Waals surface area contributed by atoms with Crippen molar-refractivity contribution in [1.29, 1.82) is 0 Å². The van der Waals surface area contributed by atoms with Gasteiger partial charge in [-0.25, -0.2) is 4.39 Å². The van der Waals surface area contributed by atoms with Gasteiger partial charge in [-0.15, -0.1) is 0 Å². The third-order valence-electron chi connectivity index (χ3n) is 7.52. The molecule has 3 amide bonds. The lowest BCUT2D eigenvalue weighted by molar-refractivity contribution is -0.137. The molecule has 3 aliphatic heterocycles. The molecule has 35 heavy (non-hydrogen) atoms. The number of aliphatic hydroxyl groups is 1. The maximum absolute atomic E-state index is 15.8. The fourth-order valence-electron chi connectivity index (χ4n) is 5.58. The highest BCUT2D eigenvalue weighted by atomic mass is 19.1. The number of rotatable bonds is 5. The molecule has 9 heteroatoms. The Balaban J connectivity index is 1.40. The van der Waals surface area contributed by atoms with E-state index in [0.717, 1.165) is 25.1 Å². The average Bonchev–Trinajstić information content (AvgIpc) is 3.38. The number of halogens is 1. The standard InChI is InChI=1S/C26H29FN4O4/c1-14-23-19(26(35)31(14)21-5-6-22(33)29-25(21)34)4-3-18(24(23)27)20-11-16(7-9-28-20)12-30-10-8-17(13-30)15(2)32/h3-4,7,9,11,14-15,17,21,32H,5-6,8,10,12-13H2,1-2H3,(H,29,33,34)/t14-,15?,17?,21+/m1/s1. The summed E-state index contributed by atoms with van der Waals surface area (Å²) in [6, 6.07) is 5.48. The van der Waals surface area contributed by atoms with Gasteiger partial charge in [0.05, 0.1) is 17.8 Å². The molecule has 1 aromatic carbocycles. The van der Waals surface area contributed by atoms with E-state index in [-0.39, 0.29) is 41.9 Å².